The van der Waals surface area contributed by atoms with Gasteiger partial charge in [0.2, 0.25) is 0 Å². The molecule has 116 valence electrons. The van der Waals surface area contributed by atoms with E-state index in [0.717, 1.165) is 0 Å². The molecular formula is C14H24ClNO3S. The highest BCUT2D eigenvalue weighted by atomic mass is 35.5. The highest BCUT2D eigenvalue weighted by Crippen LogP contribution is 2.12. The van der Waals surface area contributed by atoms with Crippen LogP contribution in [0.1, 0.15) is 26.7 Å². The molecule has 1 rings (SSSR count). The third-order valence-electron chi connectivity index (χ3n) is 2.76. The van der Waals surface area contributed by atoms with Crippen LogP contribution in [0.2, 0.25) is 5.02 Å². The van der Waals surface area contributed by atoms with E-state index in [1.165, 1.54) is 54.7 Å². The van der Waals surface area contributed by atoms with Crippen molar-refractivity contribution in [1.82, 2.24) is 0 Å². The van der Waals surface area contributed by atoms with Crippen molar-refractivity contribution in [3.63, 3.8) is 0 Å². The van der Waals surface area contributed by atoms with Gasteiger partial charge in [0.1, 0.15) is 10.1 Å². The van der Waals surface area contributed by atoms with Gasteiger partial charge < -0.3 is 9.04 Å². The van der Waals surface area contributed by atoms with Crippen molar-refractivity contribution < 1.29 is 17.5 Å². The zero-order valence-electron chi connectivity index (χ0n) is 12.6. The van der Waals surface area contributed by atoms with Gasteiger partial charge in [-0.2, -0.15) is 0 Å². The second-order valence-corrected chi connectivity index (χ2v) is 7.11. The van der Waals surface area contributed by atoms with Gasteiger partial charge in [-0.1, -0.05) is 25.4 Å². The third kappa shape index (κ3) is 8.53. The molecule has 0 unspecified atom stereocenters. The first-order valence-electron chi connectivity index (χ1n) is 6.66. The Balaban J connectivity index is 0.000000370. The Kier molecular flexibility index (Phi) is 8.35. The molecule has 0 saturated carbocycles. The summed E-state index contributed by atoms with van der Waals surface area (Å²) in [6.07, 6.45) is 2.60. The Morgan fingerprint density at radius 1 is 1.05 bits per heavy atom. The minimum Gasteiger partial charge on any atom is -0.744 e. The highest BCUT2D eigenvalue weighted by Gasteiger charge is 2.09. The smallest absolute Gasteiger partial charge is 0.124 e. The molecule has 4 nitrogen and oxygen atoms in total. The molecule has 0 radical (unpaired) electrons. The standard InChI is InChI=1S/C8H20N.C6H5ClO3S/c1-5-7-9(3,4)8-6-2;7-5-1-3-6(4-2-5)11(8,9)10/h5-8H2,1-4H3;1-4H,(H,8,9,10)/q+1;/p-1. The van der Waals surface area contributed by atoms with Gasteiger partial charge in [-0.05, 0) is 37.1 Å². The molecule has 1 aromatic carbocycles. The van der Waals surface area contributed by atoms with Crippen LogP contribution in [-0.2, 0) is 10.1 Å². The van der Waals surface area contributed by atoms with Gasteiger partial charge in [0.15, 0.2) is 0 Å². The molecule has 0 bridgehead atoms. The van der Waals surface area contributed by atoms with E-state index in [-0.39, 0.29) is 4.90 Å². The third-order valence-corrected chi connectivity index (χ3v) is 3.86. The Morgan fingerprint density at radius 2 is 1.45 bits per heavy atom. The molecule has 0 aromatic heterocycles. The van der Waals surface area contributed by atoms with E-state index in [1.807, 2.05) is 0 Å². The van der Waals surface area contributed by atoms with Gasteiger partial charge in [-0.25, -0.2) is 8.42 Å². The van der Waals surface area contributed by atoms with Gasteiger partial charge in [0.25, 0.3) is 0 Å². The van der Waals surface area contributed by atoms with Crippen molar-refractivity contribution in [2.45, 2.75) is 31.6 Å². The average molecular weight is 322 g/mol. The summed E-state index contributed by atoms with van der Waals surface area (Å²) in [5.41, 5.74) is 0. The van der Waals surface area contributed by atoms with Crippen molar-refractivity contribution in [2.24, 2.45) is 0 Å². The Hall–Kier alpha value is -0.620. The lowest BCUT2D eigenvalue weighted by molar-refractivity contribution is -0.890. The molecule has 20 heavy (non-hydrogen) atoms. The predicted molar refractivity (Wildman–Crippen MR) is 81.8 cm³/mol. The lowest BCUT2D eigenvalue weighted by Crippen LogP contribution is -2.40. The molecule has 0 spiro atoms. The largest absolute Gasteiger partial charge is 0.744 e. The van der Waals surface area contributed by atoms with Crippen LogP contribution in [0.25, 0.3) is 0 Å². The van der Waals surface area contributed by atoms with Crippen LogP contribution in [-0.4, -0.2) is 44.6 Å². The van der Waals surface area contributed by atoms with Gasteiger partial charge in [0.05, 0.1) is 32.1 Å². The summed E-state index contributed by atoms with van der Waals surface area (Å²) < 4.78 is 32.2. The first-order valence-corrected chi connectivity index (χ1v) is 8.44. The van der Waals surface area contributed by atoms with Crippen LogP contribution in [0, 0.1) is 0 Å². The second kappa shape index (κ2) is 8.62. The topological polar surface area (TPSA) is 57.2 Å². The maximum absolute atomic E-state index is 10.3. The van der Waals surface area contributed by atoms with E-state index in [0.29, 0.717) is 5.02 Å². The van der Waals surface area contributed by atoms with Crippen LogP contribution in [0.15, 0.2) is 29.2 Å². The lowest BCUT2D eigenvalue weighted by Gasteiger charge is -2.28. The first kappa shape index (κ1) is 19.4. The molecule has 1 aromatic rings. The van der Waals surface area contributed by atoms with E-state index in [2.05, 4.69) is 27.9 Å². The maximum Gasteiger partial charge on any atom is 0.124 e. The van der Waals surface area contributed by atoms with Crippen molar-refractivity contribution in [1.29, 1.82) is 0 Å². The molecule has 0 fully saturated rings. The number of benzene rings is 1. The Bertz CT molecular complexity index is 476. The molecule has 0 aliphatic rings. The summed E-state index contributed by atoms with van der Waals surface area (Å²) in [6.45, 7) is 7.12. The van der Waals surface area contributed by atoms with Crippen molar-refractivity contribution in [3.05, 3.63) is 29.3 Å². The fourth-order valence-corrected chi connectivity index (χ4v) is 2.52. The number of rotatable bonds is 5. The van der Waals surface area contributed by atoms with Crippen LogP contribution in [0.4, 0.5) is 0 Å². The van der Waals surface area contributed by atoms with Crippen LogP contribution in [0.5, 0.6) is 0 Å². The molecule has 6 heteroatoms. The van der Waals surface area contributed by atoms with E-state index in [9.17, 15) is 13.0 Å². The number of hydrogen-bond donors (Lipinski definition) is 0. The van der Waals surface area contributed by atoms with Crippen LogP contribution < -0.4 is 0 Å². The molecule has 0 aliphatic heterocycles. The zero-order chi connectivity index (χ0) is 15.8. The number of hydrogen-bond acceptors (Lipinski definition) is 3. The van der Waals surface area contributed by atoms with Crippen molar-refractivity contribution in [2.75, 3.05) is 27.2 Å². The molecule has 0 N–H and O–H groups in total. The number of quaternary nitrogens is 1. The van der Waals surface area contributed by atoms with Gasteiger partial charge >= 0.3 is 0 Å². The quantitative estimate of drug-likeness (QED) is 0.618. The van der Waals surface area contributed by atoms with Gasteiger partial charge in [-0.3, -0.25) is 0 Å². The number of nitrogens with zero attached hydrogens (tertiary/aromatic N) is 1. The average Bonchev–Trinajstić information content (AvgIpc) is 2.28. The summed E-state index contributed by atoms with van der Waals surface area (Å²) in [5.74, 6) is 0. The fraction of sp³-hybridized carbons (Fsp3) is 0.571. The summed E-state index contributed by atoms with van der Waals surface area (Å²) in [5, 5.41) is 0.400. The highest BCUT2D eigenvalue weighted by molar-refractivity contribution is 7.85. The molecule has 0 saturated heterocycles. The summed E-state index contributed by atoms with van der Waals surface area (Å²) in [6, 6.07) is 5.05. The molecule has 0 atom stereocenters. The van der Waals surface area contributed by atoms with Gasteiger partial charge in [-0.15, -0.1) is 0 Å². The van der Waals surface area contributed by atoms with E-state index in [1.54, 1.807) is 0 Å². The molecule has 0 amide bonds. The minimum atomic E-state index is -4.33. The monoisotopic (exact) mass is 321 g/mol. The van der Waals surface area contributed by atoms with Gasteiger partial charge in [0, 0.05) is 5.02 Å². The van der Waals surface area contributed by atoms with Crippen LogP contribution >= 0.6 is 11.6 Å². The predicted octanol–water partition coefficient (Wildman–Crippen LogP) is 3.13. The molecular weight excluding hydrogens is 298 g/mol. The normalized spacial score (nSPS) is 11.7. The number of halogens is 1. The van der Waals surface area contributed by atoms with Crippen molar-refractivity contribution >= 4 is 21.7 Å². The fourth-order valence-electron chi connectivity index (χ4n) is 1.92. The lowest BCUT2D eigenvalue weighted by atomic mass is 10.3. The summed E-state index contributed by atoms with van der Waals surface area (Å²) in [7, 11) is 0.269. The van der Waals surface area contributed by atoms with E-state index < -0.39 is 10.1 Å². The molecule has 0 heterocycles. The maximum atomic E-state index is 10.3. The van der Waals surface area contributed by atoms with E-state index in [4.69, 9.17) is 11.6 Å². The van der Waals surface area contributed by atoms with Crippen molar-refractivity contribution in [3.8, 4) is 0 Å². The second-order valence-electron chi connectivity index (χ2n) is 5.29. The summed E-state index contributed by atoms with van der Waals surface area (Å²) >= 11 is 5.46. The first-order chi connectivity index (χ1) is 9.12. The summed E-state index contributed by atoms with van der Waals surface area (Å²) in [4.78, 5) is -0.262. The minimum absolute atomic E-state index is 0.262. The van der Waals surface area contributed by atoms with E-state index >= 15 is 0 Å². The zero-order valence-corrected chi connectivity index (χ0v) is 14.2. The SMILES string of the molecule is CCC[N+](C)(C)CCC.O=S(=O)([O-])c1ccc(Cl)cc1. The Labute approximate surface area is 127 Å². The molecule has 0 aliphatic carbocycles. The Morgan fingerprint density at radius 3 is 1.75 bits per heavy atom. The van der Waals surface area contributed by atoms with Crippen LogP contribution in [0.3, 0.4) is 0 Å².